The summed E-state index contributed by atoms with van der Waals surface area (Å²) in [5, 5.41) is 0. The van der Waals surface area contributed by atoms with Crippen molar-refractivity contribution in [3.05, 3.63) is 39.7 Å². The molecule has 7 heteroatoms. The molecule has 2 aromatic rings. The normalized spacial score (nSPS) is 22.7. The predicted octanol–water partition coefficient (Wildman–Crippen LogP) is 1.92. The van der Waals surface area contributed by atoms with E-state index in [2.05, 4.69) is 40.6 Å². The van der Waals surface area contributed by atoms with Crippen molar-refractivity contribution in [2.75, 3.05) is 23.7 Å². The molecule has 1 aliphatic carbocycles. The number of hydrogen-bond donors (Lipinski definition) is 2. The van der Waals surface area contributed by atoms with Gasteiger partial charge < -0.3 is 15.6 Å². The summed E-state index contributed by atoms with van der Waals surface area (Å²) in [5.41, 5.74) is 7.41. The van der Waals surface area contributed by atoms with Gasteiger partial charge in [-0.05, 0) is 31.7 Å². The summed E-state index contributed by atoms with van der Waals surface area (Å²) in [5.74, 6) is 1.91. The summed E-state index contributed by atoms with van der Waals surface area (Å²) in [7, 11) is 0. The van der Waals surface area contributed by atoms with Crippen LogP contribution in [0.3, 0.4) is 0 Å². The zero-order valence-corrected chi connectivity index (χ0v) is 15.7. The molecule has 0 bridgehead atoms. The van der Waals surface area contributed by atoms with Crippen LogP contribution < -0.4 is 16.2 Å². The van der Waals surface area contributed by atoms with Crippen molar-refractivity contribution < 1.29 is 0 Å². The van der Waals surface area contributed by atoms with Gasteiger partial charge in [-0.2, -0.15) is 4.98 Å². The fourth-order valence-corrected chi connectivity index (χ4v) is 4.22. The van der Waals surface area contributed by atoms with Crippen LogP contribution in [0.4, 0.5) is 11.8 Å². The van der Waals surface area contributed by atoms with Gasteiger partial charge in [-0.1, -0.05) is 20.8 Å². The number of H-pyrrole nitrogens is 1. The first-order valence-corrected chi connectivity index (χ1v) is 9.26. The zero-order chi connectivity index (χ0) is 18.5. The zero-order valence-electron chi connectivity index (χ0n) is 15.7. The van der Waals surface area contributed by atoms with Gasteiger partial charge in [0.15, 0.2) is 0 Å². The minimum atomic E-state index is -0.191. The molecule has 1 saturated heterocycles. The highest BCUT2D eigenvalue weighted by atomic mass is 16.1. The number of fused-ring (bicyclic) bond motifs is 2. The molecule has 0 amide bonds. The summed E-state index contributed by atoms with van der Waals surface area (Å²) in [6.45, 7) is 7.91. The molecule has 1 atom stereocenters. The number of nitrogen functional groups attached to an aromatic ring is 1. The van der Waals surface area contributed by atoms with Crippen LogP contribution in [0.25, 0.3) is 0 Å². The molecule has 1 fully saturated rings. The Bertz CT molecular complexity index is 900. The van der Waals surface area contributed by atoms with Crippen LogP contribution in [-0.4, -0.2) is 33.0 Å². The lowest BCUT2D eigenvalue weighted by Gasteiger charge is -2.40. The van der Waals surface area contributed by atoms with Crippen LogP contribution >= 0.6 is 0 Å². The number of nitrogens with one attached hydrogen (secondary N) is 1. The maximum Gasteiger partial charge on any atom is 0.254 e. The van der Waals surface area contributed by atoms with Gasteiger partial charge in [-0.25, -0.2) is 9.97 Å². The van der Waals surface area contributed by atoms with E-state index in [0.717, 1.165) is 55.9 Å². The molecule has 2 aromatic heterocycles. The molecule has 0 saturated carbocycles. The fourth-order valence-electron chi connectivity index (χ4n) is 4.22. The lowest BCUT2D eigenvalue weighted by Crippen LogP contribution is -2.46. The van der Waals surface area contributed by atoms with Gasteiger partial charge in [0.1, 0.15) is 11.6 Å². The monoisotopic (exact) mass is 354 g/mol. The van der Waals surface area contributed by atoms with E-state index >= 15 is 0 Å². The van der Waals surface area contributed by atoms with Gasteiger partial charge in [0.2, 0.25) is 5.95 Å². The van der Waals surface area contributed by atoms with Crippen molar-refractivity contribution in [3.8, 4) is 0 Å². The molecule has 7 nitrogen and oxygen atoms in total. The summed E-state index contributed by atoms with van der Waals surface area (Å²) in [6.07, 6.45) is 5.50. The number of rotatable bonds is 1. The second kappa shape index (κ2) is 5.79. The molecule has 3 N–H and O–H groups in total. The van der Waals surface area contributed by atoms with Gasteiger partial charge in [0.25, 0.3) is 5.56 Å². The molecule has 0 radical (unpaired) electrons. The Hall–Kier alpha value is -2.44. The van der Waals surface area contributed by atoms with E-state index in [4.69, 9.17) is 10.7 Å². The molecule has 1 spiro atoms. The maximum absolute atomic E-state index is 12.7. The highest BCUT2D eigenvalue weighted by molar-refractivity contribution is 5.43. The Kier molecular flexibility index (Phi) is 3.78. The van der Waals surface area contributed by atoms with Gasteiger partial charge in [-0.3, -0.25) is 4.79 Å². The standard InChI is InChI=1S/C19H26N6O/c1-18(2,3)16-23-14-12(15(26)24-16)5-8-19(14)7-4-10-25(11-19)17-21-9-6-13(20)22-17/h6,9H,4-5,7-8,10-11H2,1-3H3,(H2,20,21,22)(H,23,24,26). The molecule has 1 aliphatic heterocycles. The Morgan fingerprint density at radius 3 is 2.81 bits per heavy atom. The molecule has 26 heavy (non-hydrogen) atoms. The lowest BCUT2D eigenvalue weighted by molar-refractivity contribution is 0.330. The van der Waals surface area contributed by atoms with Crippen molar-refractivity contribution in [3.63, 3.8) is 0 Å². The van der Waals surface area contributed by atoms with Crippen molar-refractivity contribution in [1.82, 2.24) is 19.9 Å². The van der Waals surface area contributed by atoms with Crippen LogP contribution in [0.2, 0.25) is 0 Å². The van der Waals surface area contributed by atoms with E-state index in [1.165, 1.54) is 0 Å². The molecule has 4 rings (SSSR count). The summed E-state index contributed by atoms with van der Waals surface area (Å²) >= 11 is 0. The Balaban J connectivity index is 1.75. The van der Waals surface area contributed by atoms with Crippen LogP contribution in [0.5, 0.6) is 0 Å². The number of aromatic amines is 1. The third-order valence-electron chi connectivity index (χ3n) is 5.61. The van der Waals surface area contributed by atoms with E-state index in [0.29, 0.717) is 11.8 Å². The number of nitrogens with two attached hydrogens (primary N) is 1. The largest absolute Gasteiger partial charge is 0.384 e. The molecular weight excluding hydrogens is 328 g/mol. The van der Waals surface area contributed by atoms with E-state index in [1.54, 1.807) is 12.3 Å². The molecule has 0 aromatic carbocycles. The maximum atomic E-state index is 12.7. The topological polar surface area (TPSA) is 101 Å². The fraction of sp³-hybridized carbons (Fsp3) is 0.579. The van der Waals surface area contributed by atoms with Crippen molar-refractivity contribution in [2.45, 2.75) is 57.3 Å². The average Bonchev–Trinajstić information content (AvgIpc) is 2.93. The van der Waals surface area contributed by atoms with Crippen molar-refractivity contribution in [2.24, 2.45) is 0 Å². The minimum Gasteiger partial charge on any atom is -0.384 e. The third kappa shape index (κ3) is 2.75. The van der Waals surface area contributed by atoms with E-state index in [9.17, 15) is 4.79 Å². The molecule has 3 heterocycles. The second-order valence-electron chi connectivity index (χ2n) is 8.58. The summed E-state index contributed by atoms with van der Waals surface area (Å²) in [6, 6.07) is 1.70. The Morgan fingerprint density at radius 1 is 1.27 bits per heavy atom. The lowest BCUT2D eigenvalue weighted by atomic mass is 9.77. The first-order chi connectivity index (χ1) is 12.3. The second-order valence-corrected chi connectivity index (χ2v) is 8.58. The van der Waals surface area contributed by atoms with Gasteiger partial charge >= 0.3 is 0 Å². The number of hydrogen-bond acceptors (Lipinski definition) is 6. The third-order valence-corrected chi connectivity index (χ3v) is 5.61. The van der Waals surface area contributed by atoms with Crippen molar-refractivity contribution in [1.29, 1.82) is 0 Å². The quantitative estimate of drug-likeness (QED) is 0.811. The Morgan fingerprint density at radius 2 is 2.08 bits per heavy atom. The first kappa shape index (κ1) is 17.0. The molecule has 2 aliphatic rings. The average molecular weight is 354 g/mol. The van der Waals surface area contributed by atoms with E-state index in [-0.39, 0.29) is 16.4 Å². The van der Waals surface area contributed by atoms with Gasteiger partial charge in [0.05, 0.1) is 5.69 Å². The van der Waals surface area contributed by atoms with Crippen molar-refractivity contribution >= 4 is 11.8 Å². The van der Waals surface area contributed by atoms with Gasteiger partial charge in [-0.15, -0.1) is 0 Å². The van der Waals surface area contributed by atoms with E-state index < -0.39 is 0 Å². The van der Waals surface area contributed by atoms with E-state index in [1.807, 2.05) is 0 Å². The summed E-state index contributed by atoms with van der Waals surface area (Å²) < 4.78 is 0. The van der Waals surface area contributed by atoms with Gasteiger partial charge in [0, 0.05) is 35.7 Å². The first-order valence-electron chi connectivity index (χ1n) is 9.26. The SMILES string of the molecule is CC(C)(C)c1nc2c(c(=O)[nH]1)CCC21CCCN(c2nccc(N)n2)C1. The minimum absolute atomic E-state index is 0.0223. The smallest absolute Gasteiger partial charge is 0.254 e. The van der Waals surface area contributed by atoms with Crippen LogP contribution in [0.1, 0.15) is 57.1 Å². The number of nitrogens with zero attached hydrogens (tertiary/aromatic N) is 4. The number of piperidine rings is 1. The molecule has 1 unspecified atom stereocenters. The van der Waals surface area contributed by atoms with Crippen LogP contribution in [-0.2, 0) is 17.3 Å². The highest BCUT2D eigenvalue weighted by Crippen LogP contribution is 2.43. The van der Waals surface area contributed by atoms with Crippen LogP contribution in [0.15, 0.2) is 17.1 Å². The number of anilines is 2. The Labute approximate surface area is 153 Å². The molecular formula is C19H26N6O. The summed E-state index contributed by atoms with van der Waals surface area (Å²) in [4.78, 5) is 31.6. The number of aromatic nitrogens is 4. The molecule has 138 valence electrons. The van der Waals surface area contributed by atoms with Crippen LogP contribution in [0, 0.1) is 0 Å². The highest BCUT2D eigenvalue weighted by Gasteiger charge is 2.45. The predicted molar refractivity (Wildman–Crippen MR) is 101 cm³/mol.